The molecular formula is C16H23ClN2O. The molecule has 1 aliphatic carbocycles. The van der Waals surface area contributed by atoms with Gasteiger partial charge in [0.1, 0.15) is 5.82 Å². The zero-order chi connectivity index (χ0) is 14.0. The Bertz CT molecular complexity index is 462. The van der Waals surface area contributed by atoms with Crippen LogP contribution >= 0.6 is 11.6 Å². The number of piperidine rings is 1. The Morgan fingerprint density at radius 1 is 1.10 bits per heavy atom. The van der Waals surface area contributed by atoms with Crippen molar-refractivity contribution in [3.8, 4) is 0 Å². The van der Waals surface area contributed by atoms with Crippen molar-refractivity contribution in [2.45, 2.75) is 51.6 Å². The van der Waals surface area contributed by atoms with Crippen molar-refractivity contribution >= 4 is 17.4 Å². The van der Waals surface area contributed by atoms with Crippen LogP contribution in [0.2, 0.25) is 5.02 Å². The van der Waals surface area contributed by atoms with Gasteiger partial charge in [0.2, 0.25) is 0 Å². The smallest absolute Gasteiger partial charge is 0.129 e. The van der Waals surface area contributed by atoms with Crippen molar-refractivity contribution in [2.75, 3.05) is 18.0 Å². The molecule has 1 aromatic heterocycles. The van der Waals surface area contributed by atoms with Gasteiger partial charge in [-0.1, -0.05) is 30.9 Å². The van der Waals surface area contributed by atoms with Crippen LogP contribution in [0.15, 0.2) is 12.1 Å². The first-order valence-corrected chi connectivity index (χ1v) is 8.11. The minimum atomic E-state index is -0.0928. The summed E-state index contributed by atoms with van der Waals surface area (Å²) < 4.78 is 0. The second-order valence-electron chi connectivity index (χ2n) is 6.30. The highest BCUT2D eigenvalue weighted by atomic mass is 35.5. The molecule has 1 aliphatic heterocycles. The van der Waals surface area contributed by atoms with Crippen molar-refractivity contribution in [3.63, 3.8) is 0 Å². The van der Waals surface area contributed by atoms with Crippen LogP contribution in [-0.2, 0) is 6.61 Å². The minimum absolute atomic E-state index is 0.0928. The first-order valence-electron chi connectivity index (χ1n) is 7.74. The summed E-state index contributed by atoms with van der Waals surface area (Å²) in [4.78, 5) is 6.83. The SMILES string of the molecule is OCc1nc(N2CCC3(CCCCC3)CC2)ccc1Cl. The molecule has 4 heteroatoms. The predicted octanol–water partition coefficient (Wildman–Crippen LogP) is 3.78. The summed E-state index contributed by atoms with van der Waals surface area (Å²) in [7, 11) is 0. The first-order chi connectivity index (χ1) is 9.72. The molecule has 0 bridgehead atoms. The number of halogens is 1. The zero-order valence-electron chi connectivity index (χ0n) is 11.9. The Morgan fingerprint density at radius 3 is 2.45 bits per heavy atom. The number of hydrogen-bond acceptors (Lipinski definition) is 3. The van der Waals surface area contributed by atoms with E-state index in [9.17, 15) is 5.11 Å². The monoisotopic (exact) mass is 294 g/mol. The van der Waals surface area contributed by atoms with Crippen LogP contribution in [0.1, 0.15) is 50.6 Å². The Hall–Kier alpha value is -0.800. The maximum absolute atomic E-state index is 9.27. The molecule has 1 N–H and O–H groups in total. The van der Waals surface area contributed by atoms with Gasteiger partial charge in [0, 0.05) is 13.1 Å². The molecule has 2 aliphatic rings. The van der Waals surface area contributed by atoms with Crippen molar-refractivity contribution in [1.29, 1.82) is 0 Å². The fraction of sp³-hybridized carbons (Fsp3) is 0.688. The number of rotatable bonds is 2. The van der Waals surface area contributed by atoms with Gasteiger partial charge in [0.15, 0.2) is 0 Å². The minimum Gasteiger partial charge on any atom is -0.390 e. The van der Waals surface area contributed by atoms with Gasteiger partial charge in [-0.25, -0.2) is 4.98 Å². The van der Waals surface area contributed by atoms with E-state index >= 15 is 0 Å². The molecule has 1 spiro atoms. The van der Waals surface area contributed by atoms with E-state index in [1.54, 1.807) is 0 Å². The number of anilines is 1. The van der Waals surface area contributed by atoms with Gasteiger partial charge in [-0.05, 0) is 43.2 Å². The topological polar surface area (TPSA) is 36.4 Å². The van der Waals surface area contributed by atoms with E-state index in [-0.39, 0.29) is 6.61 Å². The third kappa shape index (κ3) is 2.79. The van der Waals surface area contributed by atoms with E-state index in [0.717, 1.165) is 18.9 Å². The standard InChI is InChI=1S/C16H23ClN2O/c17-13-4-5-15(18-14(13)12-20)19-10-8-16(9-11-19)6-2-1-3-7-16/h4-5,20H,1-3,6-12H2. The molecule has 2 heterocycles. The lowest BCUT2D eigenvalue weighted by molar-refractivity contribution is 0.144. The molecule has 3 nitrogen and oxygen atoms in total. The molecule has 0 radical (unpaired) electrons. The summed E-state index contributed by atoms with van der Waals surface area (Å²) in [6, 6.07) is 3.82. The van der Waals surface area contributed by atoms with Crippen LogP contribution in [-0.4, -0.2) is 23.2 Å². The lowest BCUT2D eigenvalue weighted by Crippen LogP contribution is -2.41. The number of aromatic nitrogens is 1. The van der Waals surface area contributed by atoms with Crippen LogP contribution < -0.4 is 4.90 Å². The summed E-state index contributed by atoms with van der Waals surface area (Å²) in [5, 5.41) is 9.83. The zero-order valence-corrected chi connectivity index (χ0v) is 12.7. The molecule has 110 valence electrons. The highest BCUT2D eigenvalue weighted by molar-refractivity contribution is 6.31. The molecular weight excluding hydrogens is 272 g/mol. The molecule has 1 aromatic rings. The highest BCUT2D eigenvalue weighted by Gasteiger charge is 2.35. The van der Waals surface area contributed by atoms with Gasteiger partial charge in [-0.15, -0.1) is 0 Å². The molecule has 0 aromatic carbocycles. The molecule has 0 atom stereocenters. The summed E-state index contributed by atoms with van der Waals surface area (Å²) >= 11 is 6.01. The van der Waals surface area contributed by atoms with Gasteiger partial charge >= 0.3 is 0 Å². The van der Waals surface area contributed by atoms with Gasteiger partial charge in [0.25, 0.3) is 0 Å². The first kappa shape index (κ1) is 14.2. The maximum Gasteiger partial charge on any atom is 0.129 e. The third-order valence-electron chi connectivity index (χ3n) is 5.12. The number of hydrogen-bond donors (Lipinski definition) is 1. The van der Waals surface area contributed by atoms with Crippen molar-refractivity contribution in [1.82, 2.24) is 4.98 Å². The van der Waals surface area contributed by atoms with Crippen LogP contribution in [0.3, 0.4) is 0 Å². The van der Waals surface area contributed by atoms with Gasteiger partial charge in [0.05, 0.1) is 17.3 Å². The predicted molar refractivity (Wildman–Crippen MR) is 82.1 cm³/mol. The third-order valence-corrected chi connectivity index (χ3v) is 5.46. The highest BCUT2D eigenvalue weighted by Crippen LogP contribution is 2.45. The Labute approximate surface area is 126 Å². The second kappa shape index (κ2) is 5.90. The second-order valence-corrected chi connectivity index (χ2v) is 6.71. The van der Waals surface area contributed by atoms with Crippen LogP contribution in [0.25, 0.3) is 0 Å². The Balaban J connectivity index is 1.68. The van der Waals surface area contributed by atoms with Crippen molar-refractivity contribution in [3.05, 3.63) is 22.8 Å². The summed E-state index contributed by atoms with van der Waals surface area (Å²) in [6.45, 7) is 2.07. The molecule has 1 saturated carbocycles. The van der Waals surface area contributed by atoms with E-state index in [1.807, 2.05) is 12.1 Å². The van der Waals surface area contributed by atoms with Gasteiger partial charge in [-0.3, -0.25) is 0 Å². The van der Waals surface area contributed by atoms with E-state index in [0.29, 0.717) is 16.1 Å². The molecule has 0 amide bonds. The number of aliphatic hydroxyl groups excluding tert-OH is 1. The van der Waals surface area contributed by atoms with Crippen LogP contribution in [0.5, 0.6) is 0 Å². The van der Waals surface area contributed by atoms with E-state index in [1.165, 1.54) is 44.9 Å². The fourth-order valence-corrected chi connectivity index (χ4v) is 3.94. The van der Waals surface area contributed by atoms with Crippen molar-refractivity contribution in [2.24, 2.45) is 5.41 Å². The van der Waals surface area contributed by atoms with E-state index < -0.39 is 0 Å². The fourth-order valence-electron chi connectivity index (χ4n) is 3.77. The molecule has 20 heavy (non-hydrogen) atoms. The normalized spacial score (nSPS) is 22.2. The van der Waals surface area contributed by atoms with E-state index in [4.69, 9.17) is 11.6 Å². The molecule has 0 unspecified atom stereocenters. The lowest BCUT2D eigenvalue weighted by atomic mass is 9.68. The van der Waals surface area contributed by atoms with E-state index in [2.05, 4.69) is 9.88 Å². The van der Waals surface area contributed by atoms with Crippen LogP contribution in [0.4, 0.5) is 5.82 Å². The largest absolute Gasteiger partial charge is 0.390 e. The average molecular weight is 295 g/mol. The molecule has 1 saturated heterocycles. The quantitative estimate of drug-likeness (QED) is 0.902. The number of pyridine rings is 1. The Morgan fingerprint density at radius 2 is 1.80 bits per heavy atom. The average Bonchev–Trinajstić information content (AvgIpc) is 2.50. The summed E-state index contributed by atoms with van der Waals surface area (Å²) in [5.74, 6) is 0.962. The van der Waals surface area contributed by atoms with Gasteiger partial charge in [-0.2, -0.15) is 0 Å². The van der Waals surface area contributed by atoms with Gasteiger partial charge < -0.3 is 10.0 Å². The summed E-state index contributed by atoms with van der Waals surface area (Å²) in [5.41, 5.74) is 1.20. The van der Waals surface area contributed by atoms with Crippen molar-refractivity contribution < 1.29 is 5.11 Å². The number of nitrogens with zero attached hydrogens (tertiary/aromatic N) is 2. The molecule has 3 rings (SSSR count). The maximum atomic E-state index is 9.27. The number of aliphatic hydroxyl groups is 1. The Kier molecular flexibility index (Phi) is 4.18. The molecule has 2 fully saturated rings. The van der Waals surface area contributed by atoms with Crippen LogP contribution in [0, 0.1) is 5.41 Å². The lowest BCUT2D eigenvalue weighted by Gasteiger charge is -2.44. The summed E-state index contributed by atoms with van der Waals surface area (Å²) in [6.07, 6.45) is 9.64.